The van der Waals surface area contributed by atoms with Crippen molar-refractivity contribution in [1.82, 2.24) is 10.2 Å². The number of anilines is 2. The number of carbonyl (C=O) groups is 1. The zero-order valence-electron chi connectivity index (χ0n) is 10.7. The van der Waals surface area contributed by atoms with Gasteiger partial charge in [-0.2, -0.15) is 0 Å². The summed E-state index contributed by atoms with van der Waals surface area (Å²) in [6.45, 7) is 0. The van der Waals surface area contributed by atoms with E-state index in [1.165, 1.54) is 0 Å². The largest absolute Gasteiger partial charge is 0.372 e. The second-order valence-electron chi connectivity index (χ2n) is 3.71. The lowest BCUT2D eigenvalue weighted by molar-refractivity contribution is 0.102. The maximum absolute atomic E-state index is 12.0. The van der Waals surface area contributed by atoms with Crippen LogP contribution >= 0.6 is 11.8 Å². The van der Waals surface area contributed by atoms with Gasteiger partial charge in [0.2, 0.25) is 0 Å². The molecule has 2 N–H and O–H groups in total. The molecule has 1 aromatic carbocycles. The van der Waals surface area contributed by atoms with E-state index in [-0.39, 0.29) is 11.6 Å². The van der Waals surface area contributed by atoms with Crippen LogP contribution < -0.4 is 10.6 Å². The number of aromatic nitrogens is 2. The summed E-state index contributed by atoms with van der Waals surface area (Å²) in [6, 6.07) is 11.0. The van der Waals surface area contributed by atoms with Crippen LogP contribution in [0.15, 0.2) is 41.3 Å². The summed E-state index contributed by atoms with van der Waals surface area (Å²) >= 11 is 1.58. The lowest BCUT2D eigenvalue weighted by atomic mass is 10.3. The molecule has 2 rings (SSSR count). The van der Waals surface area contributed by atoms with E-state index in [2.05, 4.69) is 20.8 Å². The van der Waals surface area contributed by atoms with Gasteiger partial charge in [0.05, 0.1) is 5.69 Å². The number of carbonyl (C=O) groups excluding carboxylic acids is 1. The van der Waals surface area contributed by atoms with Gasteiger partial charge < -0.3 is 10.6 Å². The standard InChI is InChI=1S/C13H14N4OS/c1-14-12-8-7-10(16-17-12)13(18)15-9-5-3-4-6-11(9)19-2/h3-8H,1-2H3,(H,14,17)(H,15,18). The molecule has 5 nitrogen and oxygen atoms in total. The fourth-order valence-corrected chi connectivity index (χ4v) is 2.07. The fraction of sp³-hybridized carbons (Fsp3) is 0.154. The molecule has 2 aromatic rings. The van der Waals surface area contributed by atoms with Crippen molar-refractivity contribution in [1.29, 1.82) is 0 Å². The quantitative estimate of drug-likeness (QED) is 0.838. The predicted octanol–water partition coefficient (Wildman–Crippen LogP) is 2.49. The summed E-state index contributed by atoms with van der Waals surface area (Å²) in [6.07, 6.45) is 1.96. The Morgan fingerprint density at radius 2 is 1.95 bits per heavy atom. The number of hydrogen-bond acceptors (Lipinski definition) is 5. The van der Waals surface area contributed by atoms with E-state index in [0.717, 1.165) is 10.6 Å². The van der Waals surface area contributed by atoms with Crippen molar-refractivity contribution in [2.75, 3.05) is 23.9 Å². The summed E-state index contributed by atoms with van der Waals surface area (Å²) in [5, 5.41) is 13.4. The second-order valence-corrected chi connectivity index (χ2v) is 4.56. The van der Waals surface area contributed by atoms with E-state index >= 15 is 0 Å². The van der Waals surface area contributed by atoms with Crippen LogP contribution in [0.2, 0.25) is 0 Å². The first-order valence-corrected chi connectivity index (χ1v) is 6.93. The Morgan fingerprint density at radius 1 is 1.16 bits per heavy atom. The van der Waals surface area contributed by atoms with Gasteiger partial charge in [0.25, 0.3) is 5.91 Å². The average molecular weight is 274 g/mol. The van der Waals surface area contributed by atoms with Crippen LogP contribution in [-0.2, 0) is 0 Å². The molecule has 1 amide bonds. The summed E-state index contributed by atoms with van der Waals surface area (Å²) < 4.78 is 0. The molecule has 0 unspecified atom stereocenters. The molecule has 0 fully saturated rings. The van der Waals surface area contributed by atoms with Crippen molar-refractivity contribution in [3.63, 3.8) is 0 Å². The first-order chi connectivity index (χ1) is 9.24. The smallest absolute Gasteiger partial charge is 0.276 e. The highest BCUT2D eigenvalue weighted by molar-refractivity contribution is 7.98. The Kier molecular flexibility index (Phi) is 4.35. The van der Waals surface area contributed by atoms with Gasteiger partial charge in [0, 0.05) is 11.9 Å². The highest BCUT2D eigenvalue weighted by Crippen LogP contribution is 2.24. The zero-order valence-corrected chi connectivity index (χ0v) is 11.5. The Bertz CT molecular complexity index is 571. The van der Waals surface area contributed by atoms with Crippen molar-refractivity contribution in [2.45, 2.75) is 4.90 Å². The molecule has 0 radical (unpaired) electrons. The maximum atomic E-state index is 12.0. The normalized spacial score (nSPS) is 10.0. The van der Waals surface area contributed by atoms with Gasteiger partial charge >= 0.3 is 0 Å². The minimum Gasteiger partial charge on any atom is -0.372 e. The third kappa shape index (κ3) is 3.23. The molecule has 0 aliphatic rings. The SMILES string of the molecule is CNc1ccc(C(=O)Nc2ccccc2SC)nn1. The Balaban J connectivity index is 2.16. The summed E-state index contributed by atoms with van der Waals surface area (Å²) in [5.74, 6) is 0.359. The van der Waals surface area contributed by atoms with Crippen molar-refractivity contribution < 1.29 is 4.79 Å². The van der Waals surface area contributed by atoms with Crippen LogP contribution in [0.25, 0.3) is 0 Å². The van der Waals surface area contributed by atoms with Gasteiger partial charge in [-0.25, -0.2) is 0 Å². The molecule has 0 aliphatic heterocycles. The van der Waals surface area contributed by atoms with Crippen LogP contribution in [0.5, 0.6) is 0 Å². The predicted molar refractivity (Wildman–Crippen MR) is 77.8 cm³/mol. The van der Waals surface area contributed by atoms with Gasteiger partial charge in [0.1, 0.15) is 5.82 Å². The highest BCUT2D eigenvalue weighted by Gasteiger charge is 2.10. The minimum atomic E-state index is -0.267. The number of thioether (sulfide) groups is 1. The first-order valence-electron chi connectivity index (χ1n) is 5.70. The first kappa shape index (κ1) is 13.4. The van der Waals surface area contributed by atoms with Gasteiger partial charge in [-0.15, -0.1) is 22.0 Å². The van der Waals surface area contributed by atoms with E-state index in [1.54, 1.807) is 30.9 Å². The molecule has 0 saturated heterocycles. The molecule has 1 heterocycles. The van der Waals surface area contributed by atoms with E-state index in [4.69, 9.17) is 0 Å². The molecule has 0 aliphatic carbocycles. The summed E-state index contributed by atoms with van der Waals surface area (Å²) in [5.41, 5.74) is 1.06. The third-order valence-corrected chi connectivity index (χ3v) is 3.30. The number of para-hydroxylation sites is 1. The van der Waals surface area contributed by atoms with Gasteiger partial charge in [-0.05, 0) is 30.5 Å². The van der Waals surface area contributed by atoms with E-state index in [9.17, 15) is 4.79 Å². The number of rotatable bonds is 4. The van der Waals surface area contributed by atoms with Crippen LogP contribution in [-0.4, -0.2) is 29.4 Å². The monoisotopic (exact) mass is 274 g/mol. The molecular weight excluding hydrogens is 260 g/mol. The lowest BCUT2D eigenvalue weighted by Crippen LogP contribution is -2.15. The minimum absolute atomic E-state index is 0.267. The van der Waals surface area contributed by atoms with Crippen molar-refractivity contribution in [3.05, 3.63) is 42.1 Å². The van der Waals surface area contributed by atoms with Crippen LogP contribution in [0, 0.1) is 0 Å². The molecule has 0 spiro atoms. The van der Waals surface area contributed by atoms with Crippen LogP contribution in [0.3, 0.4) is 0 Å². The zero-order chi connectivity index (χ0) is 13.7. The summed E-state index contributed by atoms with van der Waals surface area (Å²) in [7, 11) is 1.75. The Morgan fingerprint density at radius 3 is 2.58 bits per heavy atom. The maximum Gasteiger partial charge on any atom is 0.276 e. The van der Waals surface area contributed by atoms with E-state index in [1.807, 2.05) is 30.5 Å². The molecule has 98 valence electrons. The van der Waals surface area contributed by atoms with Crippen LogP contribution in [0.1, 0.15) is 10.5 Å². The number of amides is 1. The third-order valence-electron chi connectivity index (χ3n) is 2.51. The molecule has 0 atom stereocenters. The van der Waals surface area contributed by atoms with Gasteiger partial charge in [-0.1, -0.05) is 12.1 Å². The number of nitrogens with zero attached hydrogens (tertiary/aromatic N) is 2. The highest BCUT2D eigenvalue weighted by atomic mass is 32.2. The Labute approximate surface area is 115 Å². The molecule has 1 aromatic heterocycles. The number of nitrogens with one attached hydrogen (secondary N) is 2. The molecule has 19 heavy (non-hydrogen) atoms. The van der Waals surface area contributed by atoms with Crippen molar-refractivity contribution in [3.8, 4) is 0 Å². The molecule has 0 saturated carbocycles. The average Bonchev–Trinajstić information content (AvgIpc) is 2.48. The lowest BCUT2D eigenvalue weighted by Gasteiger charge is -2.08. The van der Waals surface area contributed by atoms with Crippen molar-refractivity contribution in [2.24, 2.45) is 0 Å². The van der Waals surface area contributed by atoms with E-state index < -0.39 is 0 Å². The Hall–Kier alpha value is -2.08. The molecule has 6 heteroatoms. The fourth-order valence-electron chi connectivity index (χ4n) is 1.52. The van der Waals surface area contributed by atoms with Crippen molar-refractivity contribution >= 4 is 29.2 Å². The molecular formula is C13H14N4OS. The molecule has 0 bridgehead atoms. The topological polar surface area (TPSA) is 66.9 Å². The van der Waals surface area contributed by atoms with Crippen LogP contribution in [0.4, 0.5) is 11.5 Å². The number of hydrogen-bond donors (Lipinski definition) is 2. The number of benzene rings is 1. The van der Waals surface area contributed by atoms with Gasteiger partial charge in [0.15, 0.2) is 5.69 Å². The van der Waals surface area contributed by atoms with E-state index in [0.29, 0.717) is 5.82 Å². The summed E-state index contributed by atoms with van der Waals surface area (Å²) in [4.78, 5) is 13.0. The second kappa shape index (κ2) is 6.19. The van der Waals surface area contributed by atoms with Gasteiger partial charge in [-0.3, -0.25) is 4.79 Å².